The van der Waals surface area contributed by atoms with Gasteiger partial charge in [-0.2, -0.15) is 0 Å². The molecule has 3 heterocycles. The summed E-state index contributed by atoms with van der Waals surface area (Å²) in [5.74, 6) is 1.75. The molecule has 7 atom stereocenters. The van der Waals surface area contributed by atoms with Crippen LogP contribution in [0, 0.1) is 16.7 Å². The SMILES string of the molecule is CO[C@]12CC[C@@]3(C[C@]1(C)[C@H](O)c1ccc(Cl)s1)[C@H]1Cc4ccc(O)c5c4[C@@]3(CCN1CC1CC1)[C@H]2O5. The van der Waals surface area contributed by atoms with Crippen LogP contribution in [0.3, 0.4) is 0 Å². The number of likely N-dealkylation sites (tertiary alicyclic amines) is 1. The zero-order valence-electron chi connectivity index (χ0n) is 20.9. The third-order valence-corrected chi connectivity index (χ3v) is 12.8. The minimum Gasteiger partial charge on any atom is -0.504 e. The van der Waals surface area contributed by atoms with E-state index < -0.39 is 17.1 Å². The molecule has 5 fully saturated rings. The summed E-state index contributed by atoms with van der Waals surface area (Å²) in [6, 6.07) is 8.23. The second kappa shape index (κ2) is 7.01. The topological polar surface area (TPSA) is 62.2 Å². The summed E-state index contributed by atoms with van der Waals surface area (Å²) in [4.78, 5) is 3.69. The maximum atomic E-state index is 12.1. The molecule has 0 radical (unpaired) electrons. The average Bonchev–Trinajstić information content (AvgIpc) is 3.45. The van der Waals surface area contributed by atoms with Crippen molar-refractivity contribution in [1.82, 2.24) is 4.90 Å². The Morgan fingerprint density at radius 3 is 2.78 bits per heavy atom. The summed E-state index contributed by atoms with van der Waals surface area (Å²) in [5, 5.41) is 23.1. The van der Waals surface area contributed by atoms with Gasteiger partial charge < -0.3 is 19.7 Å². The number of piperidine rings is 1. The van der Waals surface area contributed by atoms with E-state index >= 15 is 0 Å². The molecule has 2 spiro atoms. The van der Waals surface area contributed by atoms with Crippen molar-refractivity contribution in [3.8, 4) is 11.5 Å². The molecule has 0 unspecified atom stereocenters. The van der Waals surface area contributed by atoms with Gasteiger partial charge in [-0.3, -0.25) is 4.90 Å². The van der Waals surface area contributed by atoms with Crippen LogP contribution in [-0.2, 0) is 16.6 Å². The number of methoxy groups -OCH3 is 1. The second-order valence-electron chi connectivity index (χ2n) is 12.7. The van der Waals surface area contributed by atoms with Crippen molar-refractivity contribution in [3.63, 3.8) is 0 Å². The van der Waals surface area contributed by atoms with Crippen LogP contribution in [0.5, 0.6) is 11.5 Å². The summed E-state index contributed by atoms with van der Waals surface area (Å²) >= 11 is 7.80. The maximum Gasteiger partial charge on any atom is 0.165 e. The van der Waals surface area contributed by atoms with Crippen LogP contribution in [0.2, 0.25) is 4.34 Å². The molecule has 5 aliphatic carbocycles. The number of nitrogens with zero attached hydrogens (tertiary/aromatic N) is 1. The molecule has 4 bridgehead atoms. The van der Waals surface area contributed by atoms with Crippen molar-refractivity contribution in [2.45, 2.75) is 81.1 Å². The highest BCUT2D eigenvalue weighted by Crippen LogP contribution is 2.80. The van der Waals surface area contributed by atoms with Gasteiger partial charge in [0.1, 0.15) is 11.7 Å². The molecule has 7 aliphatic rings. The quantitative estimate of drug-likeness (QED) is 0.541. The molecular formula is C29H34ClNO4S. The fraction of sp³-hybridized carbons (Fsp3) is 0.655. The number of thiophene rings is 1. The van der Waals surface area contributed by atoms with Gasteiger partial charge in [-0.15, -0.1) is 11.3 Å². The summed E-state index contributed by atoms with van der Waals surface area (Å²) in [6.45, 7) is 4.48. The lowest BCUT2D eigenvalue weighted by molar-refractivity contribution is -0.324. The number of phenols is 1. The Hall–Kier alpha value is -1.31. The van der Waals surface area contributed by atoms with Crippen molar-refractivity contribution in [2.75, 3.05) is 20.2 Å². The maximum absolute atomic E-state index is 12.1. The number of halogens is 1. The van der Waals surface area contributed by atoms with Gasteiger partial charge in [0, 0.05) is 46.4 Å². The highest BCUT2D eigenvalue weighted by Gasteiger charge is 2.84. The molecule has 7 heteroatoms. The lowest BCUT2D eigenvalue weighted by atomic mass is 9.31. The summed E-state index contributed by atoms with van der Waals surface area (Å²) < 4.78 is 14.2. The first kappa shape index (κ1) is 22.7. The number of aliphatic hydroxyl groups is 1. The van der Waals surface area contributed by atoms with E-state index in [-0.39, 0.29) is 22.7 Å². The van der Waals surface area contributed by atoms with Gasteiger partial charge >= 0.3 is 0 Å². The number of hydrogen-bond acceptors (Lipinski definition) is 6. The predicted octanol–water partition coefficient (Wildman–Crippen LogP) is 5.46. The number of rotatable bonds is 5. The zero-order valence-corrected chi connectivity index (χ0v) is 22.5. The molecule has 5 nitrogen and oxygen atoms in total. The van der Waals surface area contributed by atoms with E-state index in [1.165, 1.54) is 41.9 Å². The van der Waals surface area contributed by atoms with Gasteiger partial charge in [0.25, 0.3) is 0 Å². The fourth-order valence-electron chi connectivity index (χ4n) is 10.00. The smallest absolute Gasteiger partial charge is 0.165 e. The molecule has 1 aromatic heterocycles. The van der Waals surface area contributed by atoms with Crippen molar-refractivity contribution in [2.24, 2.45) is 16.7 Å². The van der Waals surface area contributed by atoms with Gasteiger partial charge in [0.15, 0.2) is 11.5 Å². The van der Waals surface area contributed by atoms with E-state index in [9.17, 15) is 10.2 Å². The van der Waals surface area contributed by atoms with E-state index in [1.807, 2.05) is 18.2 Å². The van der Waals surface area contributed by atoms with E-state index in [4.69, 9.17) is 21.1 Å². The first-order chi connectivity index (χ1) is 17.3. The van der Waals surface area contributed by atoms with E-state index in [0.29, 0.717) is 16.1 Å². The van der Waals surface area contributed by atoms with Gasteiger partial charge in [-0.25, -0.2) is 0 Å². The Morgan fingerprint density at radius 2 is 2.06 bits per heavy atom. The van der Waals surface area contributed by atoms with Gasteiger partial charge in [-0.05, 0) is 81.2 Å². The van der Waals surface area contributed by atoms with Crippen LogP contribution in [-0.4, -0.2) is 53.1 Å². The number of hydrogen-bond donors (Lipinski definition) is 2. The van der Waals surface area contributed by atoms with E-state index in [1.54, 1.807) is 7.11 Å². The molecule has 1 aromatic carbocycles. The third kappa shape index (κ3) is 2.37. The third-order valence-electron chi connectivity index (χ3n) is 11.6. The van der Waals surface area contributed by atoms with Crippen molar-refractivity contribution >= 4 is 22.9 Å². The fourth-order valence-corrected chi connectivity index (χ4v) is 11.2. The summed E-state index contributed by atoms with van der Waals surface area (Å²) in [5.41, 5.74) is 1.14. The summed E-state index contributed by atoms with van der Waals surface area (Å²) in [7, 11) is 1.80. The molecule has 2 N–H and O–H groups in total. The largest absolute Gasteiger partial charge is 0.504 e. The standard InChI is InChI=1S/C29H34ClNO4S/c1-26(24(33)19-7-8-21(30)36-19)15-27-9-10-29(26,34-2)25-28(27)11-12-31(14-16-3-4-16)20(27)13-17-5-6-18(32)23(35-25)22(17)28/h5-8,16,20,24-25,32-33H,3-4,9-15H2,1-2H3/t20-,24-,25-,26-,27-,28+,29+/m1/s1. The molecule has 2 aromatic rings. The Kier molecular flexibility index (Phi) is 4.41. The molecule has 4 saturated carbocycles. The van der Waals surface area contributed by atoms with Crippen LogP contribution in [0.4, 0.5) is 0 Å². The van der Waals surface area contributed by atoms with Crippen molar-refractivity contribution < 1.29 is 19.7 Å². The van der Waals surface area contributed by atoms with Crippen LogP contribution < -0.4 is 4.74 Å². The normalized spacial score (nSPS) is 42.8. The average molecular weight is 528 g/mol. The Balaban J connectivity index is 1.37. The highest BCUT2D eigenvalue weighted by molar-refractivity contribution is 7.16. The molecule has 0 amide bonds. The van der Waals surface area contributed by atoms with Crippen molar-refractivity contribution in [1.29, 1.82) is 0 Å². The van der Waals surface area contributed by atoms with Gasteiger partial charge in [-0.1, -0.05) is 24.6 Å². The first-order valence-electron chi connectivity index (χ1n) is 13.5. The number of aromatic hydroxyl groups is 1. The first-order valence-corrected chi connectivity index (χ1v) is 14.7. The van der Waals surface area contributed by atoms with Crippen LogP contribution in [0.25, 0.3) is 0 Å². The number of phenolic OH excluding ortho intramolecular Hbond substituents is 1. The molecule has 1 saturated heterocycles. The minimum atomic E-state index is -0.704. The highest BCUT2D eigenvalue weighted by atomic mass is 35.5. The number of ether oxygens (including phenoxy) is 2. The monoisotopic (exact) mass is 527 g/mol. The minimum absolute atomic E-state index is 0.0338. The molecule has 36 heavy (non-hydrogen) atoms. The molecular weight excluding hydrogens is 494 g/mol. The Morgan fingerprint density at radius 1 is 1.22 bits per heavy atom. The Bertz CT molecular complexity index is 1280. The lowest BCUT2D eigenvalue weighted by Gasteiger charge is -2.76. The predicted molar refractivity (Wildman–Crippen MR) is 139 cm³/mol. The second-order valence-corrected chi connectivity index (χ2v) is 14.5. The van der Waals surface area contributed by atoms with Gasteiger partial charge in [0.05, 0.1) is 10.4 Å². The van der Waals surface area contributed by atoms with Crippen LogP contribution in [0.1, 0.15) is 67.6 Å². The van der Waals surface area contributed by atoms with Crippen LogP contribution in [0.15, 0.2) is 24.3 Å². The molecule has 9 rings (SSSR count). The van der Waals surface area contributed by atoms with Crippen LogP contribution >= 0.6 is 22.9 Å². The number of fused-ring (bicyclic) bond motifs is 2. The molecule has 192 valence electrons. The lowest BCUT2D eigenvalue weighted by Crippen LogP contribution is -2.83. The summed E-state index contributed by atoms with van der Waals surface area (Å²) in [6.07, 6.45) is 6.56. The van der Waals surface area contributed by atoms with E-state index in [0.717, 1.165) is 49.4 Å². The zero-order chi connectivity index (χ0) is 24.7. The van der Waals surface area contributed by atoms with Crippen molar-refractivity contribution in [3.05, 3.63) is 44.6 Å². The van der Waals surface area contributed by atoms with Gasteiger partial charge in [0.2, 0.25) is 0 Å². The number of aliphatic hydroxyl groups excluding tert-OH is 1. The van der Waals surface area contributed by atoms with E-state index in [2.05, 4.69) is 17.9 Å². The molecule has 2 aliphatic heterocycles. The Labute approximate surface area is 221 Å². The number of benzene rings is 1.